The lowest BCUT2D eigenvalue weighted by Crippen LogP contribution is -2.36. The van der Waals surface area contributed by atoms with Crippen LogP contribution in [0.5, 0.6) is 0 Å². The first kappa shape index (κ1) is 15.9. The first-order valence-corrected chi connectivity index (χ1v) is 8.02. The van der Waals surface area contributed by atoms with Crippen molar-refractivity contribution in [1.29, 1.82) is 0 Å². The number of hydrogen-bond acceptors (Lipinski definition) is 4. The molecule has 1 heterocycles. The van der Waals surface area contributed by atoms with Crippen LogP contribution >= 0.6 is 0 Å². The normalized spacial score (nSPS) is 18.6. The van der Waals surface area contributed by atoms with Gasteiger partial charge in [0.05, 0.1) is 12.0 Å². The summed E-state index contributed by atoms with van der Waals surface area (Å²) in [5.74, 6) is 0.699. The Hall–Kier alpha value is -1.46. The van der Waals surface area contributed by atoms with Gasteiger partial charge in [0.25, 0.3) is 0 Å². The topological polar surface area (TPSA) is 80.9 Å². The zero-order valence-electron chi connectivity index (χ0n) is 13.1. The molecular weight excluding hydrogens is 268 g/mol. The van der Waals surface area contributed by atoms with Crippen molar-refractivity contribution in [3.05, 3.63) is 5.82 Å². The van der Waals surface area contributed by atoms with E-state index >= 15 is 0 Å². The number of rotatable bonds is 6. The van der Waals surface area contributed by atoms with E-state index in [0.717, 1.165) is 57.2 Å². The van der Waals surface area contributed by atoms with Crippen LogP contribution in [0.3, 0.4) is 0 Å². The molecule has 21 heavy (non-hydrogen) atoms. The van der Waals surface area contributed by atoms with Gasteiger partial charge in [-0.2, -0.15) is 0 Å². The first-order chi connectivity index (χ1) is 10.0. The molecule has 1 aromatic rings. The molecular formula is C15H26N4O2. The van der Waals surface area contributed by atoms with Crippen molar-refractivity contribution in [2.75, 3.05) is 0 Å². The van der Waals surface area contributed by atoms with Crippen molar-refractivity contribution < 1.29 is 9.90 Å². The predicted octanol–water partition coefficient (Wildman–Crippen LogP) is 2.69. The fourth-order valence-electron chi connectivity index (χ4n) is 3.07. The molecule has 1 N–H and O–H groups in total. The van der Waals surface area contributed by atoms with Gasteiger partial charge in [0.15, 0.2) is 5.82 Å². The summed E-state index contributed by atoms with van der Waals surface area (Å²) in [6, 6.07) is 0. The lowest BCUT2D eigenvalue weighted by Gasteiger charge is -2.27. The first-order valence-electron chi connectivity index (χ1n) is 8.02. The number of hydrogen-bond donors (Lipinski definition) is 1. The minimum Gasteiger partial charge on any atom is -0.481 e. The lowest BCUT2D eigenvalue weighted by molar-refractivity contribution is -0.151. The van der Waals surface area contributed by atoms with E-state index in [0.29, 0.717) is 12.5 Å². The third-order valence-electron chi connectivity index (χ3n) is 4.52. The van der Waals surface area contributed by atoms with E-state index in [2.05, 4.69) is 29.4 Å². The van der Waals surface area contributed by atoms with Crippen LogP contribution < -0.4 is 0 Å². The van der Waals surface area contributed by atoms with Gasteiger partial charge in [-0.1, -0.05) is 39.5 Å². The Labute approximate surface area is 125 Å². The smallest absolute Gasteiger partial charge is 0.311 e. The van der Waals surface area contributed by atoms with Crippen LogP contribution in [-0.4, -0.2) is 31.3 Å². The standard InChI is InChI=1S/C15H26N4O2/c1-12(2)7-8-13-16-17-18-19(13)11-15(14(20)21)9-5-3-4-6-10-15/h12H,3-11H2,1-2H3,(H,20,21). The van der Waals surface area contributed by atoms with Crippen LogP contribution in [0.4, 0.5) is 0 Å². The molecule has 6 nitrogen and oxygen atoms in total. The molecule has 0 unspecified atom stereocenters. The zero-order chi connectivity index (χ0) is 15.3. The lowest BCUT2D eigenvalue weighted by atomic mass is 9.80. The fourth-order valence-corrected chi connectivity index (χ4v) is 3.07. The molecule has 0 saturated heterocycles. The van der Waals surface area contributed by atoms with Crippen molar-refractivity contribution in [1.82, 2.24) is 20.2 Å². The summed E-state index contributed by atoms with van der Waals surface area (Å²) in [4.78, 5) is 11.9. The van der Waals surface area contributed by atoms with E-state index in [-0.39, 0.29) is 0 Å². The Morgan fingerprint density at radius 1 is 1.29 bits per heavy atom. The molecule has 1 aromatic heterocycles. The van der Waals surface area contributed by atoms with Crippen molar-refractivity contribution in [2.45, 2.75) is 71.8 Å². The zero-order valence-corrected chi connectivity index (χ0v) is 13.1. The molecule has 0 radical (unpaired) electrons. The van der Waals surface area contributed by atoms with Gasteiger partial charge in [0.1, 0.15) is 0 Å². The Bertz CT molecular complexity index is 462. The molecule has 6 heteroatoms. The summed E-state index contributed by atoms with van der Waals surface area (Å²) in [5, 5.41) is 21.6. The van der Waals surface area contributed by atoms with Crippen LogP contribution in [0.1, 0.15) is 64.6 Å². The number of aryl methyl sites for hydroxylation is 1. The maximum absolute atomic E-state index is 11.9. The third-order valence-corrected chi connectivity index (χ3v) is 4.52. The summed E-state index contributed by atoms with van der Waals surface area (Å²) in [6.07, 6.45) is 7.50. The minimum atomic E-state index is -0.699. The highest BCUT2D eigenvalue weighted by Gasteiger charge is 2.40. The molecule has 0 spiro atoms. The van der Waals surface area contributed by atoms with Crippen LogP contribution in [0, 0.1) is 11.3 Å². The highest BCUT2D eigenvalue weighted by molar-refractivity contribution is 5.74. The van der Waals surface area contributed by atoms with Crippen molar-refractivity contribution >= 4 is 5.97 Å². The quantitative estimate of drug-likeness (QED) is 0.816. The third kappa shape index (κ3) is 4.02. The van der Waals surface area contributed by atoms with E-state index in [4.69, 9.17) is 0 Å². The molecule has 0 atom stereocenters. The molecule has 1 saturated carbocycles. The molecule has 0 amide bonds. The minimum absolute atomic E-state index is 0.406. The van der Waals surface area contributed by atoms with Crippen LogP contribution in [0.15, 0.2) is 0 Å². The van der Waals surface area contributed by atoms with Crippen molar-refractivity contribution in [3.63, 3.8) is 0 Å². The largest absolute Gasteiger partial charge is 0.481 e. The molecule has 0 aromatic carbocycles. The maximum atomic E-state index is 11.9. The van der Waals surface area contributed by atoms with E-state index in [9.17, 15) is 9.90 Å². The maximum Gasteiger partial charge on any atom is 0.311 e. The van der Waals surface area contributed by atoms with Gasteiger partial charge >= 0.3 is 5.97 Å². The summed E-state index contributed by atoms with van der Waals surface area (Å²) >= 11 is 0. The molecule has 0 bridgehead atoms. The summed E-state index contributed by atoms with van der Waals surface area (Å²) in [5.41, 5.74) is -0.696. The Morgan fingerprint density at radius 2 is 1.95 bits per heavy atom. The Kier molecular flexibility index (Phi) is 5.31. The van der Waals surface area contributed by atoms with Gasteiger partial charge in [-0.3, -0.25) is 4.79 Å². The number of nitrogens with zero attached hydrogens (tertiary/aromatic N) is 4. The number of aromatic nitrogens is 4. The molecule has 1 aliphatic carbocycles. The molecule has 1 aliphatic rings. The number of aliphatic carboxylic acids is 1. The van der Waals surface area contributed by atoms with Gasteiger partial charge in [-0.05, 0) is 35.6 Å². The van der Waals surface area contributed by atoms with E-state index in [1.54, 1.807) is 4.68 Å². The van der Waals surface area contributed by atoms with E-state index in [1.165, 1.54) is 0 Å². The molecule has 1 fully saturated rings. The van der Waals surface area contributed by atoms with Crippen LogP contribution in [-0.2, 0) is 17.8 Å². The second kappa shape index (κ2) is 7.00. The van der Waals surface area contributed by atoms with Crippen LogP contribution in [0.2, 0.25) is 0 Å². The van der Waals surface area contributed by atoms with Gasteiger partial charge in [0.2, 0.25) is 0 Å². The van der Waals surface area contributed by atoms with E-state index < -0.39 is 11.4 Å². The number of carboxylic acid groups (broad SMARTS) is 1. The number of carbonyl (C=O) groups is 1. The summed E-state index contributed by atoms with van der Waals surface area (Å²) in [7, 11) is 0. The van der Waals surface area contributed by atoms with Gasteiger partial charge < -0.3 is 5.11 Å². The van der Waals surface area contributed by atoms with Gasteiger partial charge in [0, 0.05) is 6.42 Å². The average molecular weight is 294 g/mol. The molecule has 118 valence electrons. The second-order valence-corrected chi connectivity index (χ2v) is 6.68. The molecule has 0 aliphatic heterocycles. The van der Waals surface area contributed by atoms with Crippen molar-refractivity contribution in [3.8, 4) is 0 Å². The SMILES string of the molecule is CC(C)CCc1nnnn1CC1(C(=O)O)CCCCCC1. The summed E-state index contributed by atoms with van der Waals surface area (Å²) < 4.78 is 1.72. The molecule has 2 rings (SSSR count). The predicted molar refractivity (Wildman–Crippen MR) is 78.7 cm³/mol. The van der Waals surface area contributed by atoms with Gasteiger partial charge in [-0.25, -0.2) is 4.68 Å². The monoisotopic (exact) mass is 294 g/mol. The Balaban J connectivity index is 2.13. The Morgan fingerprint density at radius 3 is 2.52 bits per heavy atom. The number of carboxylic acids is 1. The number of tetrazole rings is 1. The highest BCUT2D eigenvalue weighted by Crippen LogP contribution is 2.37. The fraction of sp³-hybridized carbons (Fsp3) is 0.867. The summed E-state index contributed by atoms with van der Waals surface area (Å²) in [6.45, 7) is 4.74. The second-order valence-electron chi connectivity index (χ2n) is 6.68. The van der Waals surface area contributed by atoms with E-state index in [1.807, 2.05) is 0 Å². The average Bonchev–Trinajstić information content (AvgIpc) is 2.71. The van der Waals surface area contributed by atoms with Gasteiger partial charge in [-0.15, -0.1) is 5.10 Å². The van der Waals surface area contributed by atoms with Crippen LogP contribution in [0.25, 0.3) is 0 Å². The van der Waals surface area contributed by atoms with Crippen molar-refractivity contribution in [2.24, 2.45) is 11.3 Å². The highest BCUT2D eigenvalue weighted by atomic mass is 16.4.